The van der Waals surface area contributed by atoms with Crippen LogP contribution >= 0.6 is 0 Å². The van der Waals surface area contributed by atoms with Crippen molar-refractivity contribution in [1.29, 1.82) is 0 Å². The van der Waals surface area contributed by atoms with E-state index in [0.717, 1.165) is 18.5 Å². The maximum Gasteiger partial charge on any atom is 0.193 e. The Labute approximate surface area is 168 Å². The van der Waals surface area contributed by atoms with Gasteiger partial charge in [-0.25, -0.2) is 4.98 Å². The zero-order valence-electron chi connectivity index (χ0n) is 16.4. The zero-order chi connectivity index (χ0) is 19.8. The molecule has 2 atom stereocenters. The van der Waals surface area contributed by atoms with Crippen molar-refractivity contribution in [2.45, 2.75) is 50.6 Å². The molecule has 0 aromatic carbocycles. The average molecular weight is 388 g/mol. The summed E-state index contributed by atoms with van der Waals surface area (Å²) >= 11 is 0. The second-order valence-corrected chi connectivity index (χ2v) is 8.39. The van der Waals surface area contributed by atoms with E-state index in [-0.39, 0.29) is 11.0 Å². The number of hydrogen-bond acceptors (Lipinski definition) is 5. The van der Waals surface area contributed by atoms with Crippen LogP contribution in [0.4, 0.5) is 0 Å². The summed E-state index contributed by atoms with van der Waals surface area (Å²) < 4.78 is 1.75. The number of aromatic amines is 1. The molecule has 2 N–H and O–H groups in total. The molecule has 29 heavy (non-hydrogen) atoms. The number of piperidine rings is 2. The second-order valence-electron chi connectivity index (χ2n) is 8.39. The van der Waals surface area contributed by atoms with Crippen molar-refractivity contribution in [3.63, 3.8) is 0 Å². The molecule has 0 radical (unpaired) electrons. The van der Waals surface area contributed by atoms with Gasteiger partial charge in [0.25, 0.3) is 0 Å². The smallest absolute Gasteiger partial charge is 0.193 e. The molecule has 2 fully saturated rings. The molecule has 5 heterocycles. The van der Waals surface area contributed by atoms with Gasteiger partial charge in [-0.3, -0.25) is 9.36 Å². The number of pyridine rings is 1. The Balaban J connectivity index is 1.37. The molecule has 2 bridgehead atoms. The van der Waals surface area contributed by atoms with E-state index in [2.05, 4.69) is 38.5 Å². The van der Waals surface area contributed by atoms with Crippen molar-refractivity contribution in [3.05, 3.63) is 64.6 Å². The molecule has 0 amide bonds. The van der Waals surface area contributed by atoms with Crippen LogP contribution in [0.5, 0.6) is 0 Å². The molecular formula is C22H24N6O. The summed E-state index contributed by atoms with van der Waals surface area (Å²) in [6.45, 7) is 2.32. The quantitative estimate of drug-likeness (QED) is 0.720. The molecule has 2 aliphatic rings. The van der Waals surface area contributed by atoms with Crippen molar-refractivity contribution in [1.82, 2.24) is 30.0 Å². The van der Waals surface area contributed by atoms with Crippen LogP contribution in [0.25, 0.3) is 23.2 Å². The van der Waals surface area contributed by atoms with Crippen LogP contribution in [-0.2, 0) is 0 Å². The molecule has 3 aromatic heterocycles. The average Bonchev–Trinajstić information content (AvgIpc) is 3.23. The standard InChI is InChI=1S/C22H24N6O/c1-22-6-2-3-16(25-22)9-15(12-22)10-17-4-5-19(27-26-17)18-13-24-21(11-20(18)29)28-8-7-23-14-28/h4-5,7-8,10-11,13-14,16,25H,2-3,6,9,12H2,1H3,(H,24,29)/b15-10+/t16?,22-/m0/s1. The van der Waals surface area contributed by atoms with Gasteiger partial charge in [0.2, 0.25) is 0 Å². The summed E-state index contributed by atoms with van der Waals surface area (Å²) in [4.78, 5) is 19.7. The third-order valence-electron chi connectivity index (χ3n) is 5.95. The maximum atomic E-state index is 12.5. The number of rotatable bonds is 3. The van der Waals surface area contributed by atoms with Gasteiger partial charge >= 0.3 is 0 Å². The Hall–Kier alpha value is -3.06. The second kappa shape index (κ2) is 7.08. The summed E-state index contributed by atoms with van der Waals surface area (Å²) in [5.41, 5.74) is 3.46. The summed E-state index contributed by atoms with van der Waals surface area (Å²) in [5.74, 6) is 0.663. The summed E-state index contributed by atoms with van der Waals surface area (Å²) in [7, 11) is 0. The molecule has 1 unspecified atom stereocenters. The highest BCUT2D eigenvalue weighted by Crippen LogP contribution is 2.37. The normalized spacial score (nSPS) is 25.3. The summed E-state index contributed by atoms with van der Waals surface area (Å²) in [5, 5.41) is 12.4. The molecule has 2 saturated heterocycles. The Morgan fingerprint density at radius 3 is 2.97 bits per heavy atom. The molecule has 148 valence electrons. The van der Waals surface area contributed by atoms with Crippen LogP contribution < -0.4 is 10.7 Å². The maximum absolute atomic E-state index is 12.5. The molecule has 7 nitrogen and oxygen atoms in total. The first-order valence-corrected chi connectivity index (χ1v) is 10.1. The van der Waals surface area contributed by atoms with Gasteiger partial charge in [0.15, 0.2) is 5.43 Å². The molecule has 0 spiro atoms. The highest BCUT2D eigenvalue weighted by Gasteiger charge is 2.36. The SMILES string of the molecule is C[C@]12CCCC(C/C(=C\c3ccc(-c4c[nH]c(-n5ccnc5)cc4=O)nn3)C1)N2. The van der Waals surface area contributed by atoms with Crippen LogP contribution in [0, 0.1) is 0 Å². The van der Waals surface area contributed by atoms with Crippen molar-refractivity contribution < 1.29 is 0 Å². The first-order valence-electron chi connectivity index (χ1n) is 10.1. The lowest BCUT2D eigenvalue weighted by atomic mass is 9.75. The van der Waals surface area contributed by atoms with Crippen LogP contribution in [0.15, 0.2) is 53.5 Å². The van der Waals surface area contributed by atoms with Crippen LogP contribution in [0.3, 0.4) is 0 Å². The van der Waals surface area contributed by atoms with E-state index >= 15 is 0 Å². The Bertz CT molecular complexity index is 1100. The van der Waals surface area contributed by atoms with E-state index in [1.54, 1.807) is 35.6 Å². The van der Waals surface area contributed by atoms with Crippen LogP contribution in [0.2, 0.25) is 0 Å². The fourth-order valence-electron chi connectivity index (χ4n) is 4.65. The van der Waals surface area contributed by atoms with Crippen LogP contribution in [-0.4, -0.2) is 36.3 Å². The monoisotopic (exact) mass is 388 g/mol. The Morgan fingerprint density at radius 2 is 2.24 bits per heavy atom. The van der Waals surface area contributed by atoms with E-state index in [4.69, 9.17) is 0 Å². The molecular weight excluding hydrogens is 364 g/mol. The van der Waals surface area contributed by atoms with Gasteiger partial charge in [0.1, 0.15) is 12.1 Å². The highest BCUT2D eigenvalue weighted by atomic mass is 16.1. The minimum atomic E-state index is -0.105. The van der Waals surface area contributed by atoms with E-state index in [9.17, 15) is 4.79 Å². The first kappa shape index (κ1) is 18.0. The molecule has 0 aliphatic carbocycles. The summed E-state index contributed by atoms with van der Waals surface area (Å²) in [6, 6.07) is 5.93. The molecule has 7 heteroatoms. The third kappa shape index (κ3) is 3.65. The number of nitrogens with zero attached hydrogens (tertiary/aromatic N) is 4. The van der Waals surface area contributed by atoms with Gasteiger partial charge in [0, 0.05) is 36.2 Å². The first-order chi connectivity index (χ1) is 14.1. The van der Waals surface area contributed by atoms with E-state index in [0.29, 0.717) is 23.1 Å². The molecule has 0 saturated carbocycles. The third-order valence-corrected chi connectivity index (χ3v) is 5.95. The summed E-state index contributed by atoms with van der Waals surface area (Å²) in [6.07, 6.45) is 14.8. The van der Waals surface area contributed by atoms with E-state index < -0.39 is 0 Å². The molecule has 5 rings (SSSR count). The predicted molar refractivity (Wildman–Crippen MR) is 112 cm³/mol. The van der Waals surface area contributed by atoms with Crippen LogP contribution in [0.1, 0.15) is 44.7 Å². The minimum absolute atomic E-state index is 0.105. The Morgan fingerprint density at radius 1 is 1.31 bits per heavy atom. The van der Waals surface area contributed by atoms with Gasteiger partial charge in [0.05, 0.1) is 17.0 Å². The van der Waals surface area contributed by atoms with Crippen molar-refractivity contribution in [2.24, 2.45) is 0 Å². The highest BCUT2D eigenvalue weighted by molar-refractivity contribution is 5.59. The number of imidazole rings is 1. The fraction of sp³-hybridized carbons (Fsp3) is 0.364. The lowest BCUT2D eigenvalue weighted by Gasteiger charge is -2.45. The largest absolute Gasteiger partial charge is 0.347 e. The van der Waals surface area contributed by atoms with Gasteiger partial charge in [-0.2, -0.15) is 5.10 Å². The van der Waals surface area contributed by atoms with Gasteiger partial charge in [-0.15, -0.1) is 5.10 Å². The van der Waals surface area contributed by atoms with Crippen molar-refractivity contribution >= 4 is 6.08 Å². The van der Waals surface area contributed by atoms with E-state index in [1.807, 2.05) is 12.1 Å². The van der Waals surface area contributed by atoms with Gasteiger partial charge < -0.3 is 10.3 Å². The van der Waals surface area contributed by atoms with Crippen molar-refractivity contribution in [2.75, 3.05) is 0 Å². The number of nitrogens with one attached hydrogen (secondary N) is 2. The minimum Gasteiger partial charge on any atom is -0.347 e. The Kier molecular flexibility index (Phi) is 4.39. The topological polar surface area (TPSA) is 88.5 Å². The van der Waals surface area contributed by atoms with Gasteiger partial charge in [-0.05, 0) is 50.8 Å². The zero-order valence-corrected chi connectivity index (χ0v) is 16.4. The lowest BCUT2D eigenvalue weighted by Crippen LogP contribution is -2.55. The van der Waals surface area contributed by atoms with E-state index in [1.165, 1.54) is 24.8 Å². The fourth-order valence-corrected chi connectivity index (χ4v) is 4.65. The predicted octanol–water partition coefficient (Wildman–Crippen LogP) is 3.10. The number of hydrogen-bond donors (Lipinski definition) is 2. The molecule has 2 aliphatic heterocycles. The van der Waals surface area contributed by atoms with Gasteiger partial charge in [-0.1, -0.05) is 12.0 Å². The number of aromatic nitrogens is 5. The number of H-pyrrole nitrogens is 1. The molecule has 3 aromatic rings. The van der Waals surface area contributed by atoms with Crippen molar-refractivity contribution in [3.8, 4) is 17.1 Å². The lowest BCUT2D eigenvalue weighted by molar-refractivity contribution is 0.192. The number of fused-ring (bicyclic) bond motifs is 2.